The number of carbonyl (C=O) groups excluding carboxylic acids is 1. The Labute approximate surface area is 212 Å². The van der Waals surface area contributed by atoms with E-state index in [1.807, 2.05) is 0 Å². The average molecular weight is 524 g/mol. The highest BCUT2D eigenvalue weighted by molar-refractivity contribution is 5.89. The summed E-state index contributed by atoms with van der Waals surface area (Å²) in [7, 11) is 1.28. The van der Waals surface area contributed by atoms with E-state index in [4.69, 9.17) is 8.85 Å². The van der Waals surface area contributed by atoms with Crippen LogP contribution in [0.15, 0.2) is 24.4 Å². The number of halogens is 4. The van der Waals surface area contributed by atoms with E-state index in [-0.39, 0.29) is 35.9 Å². The van der Waals surface area contributed by atoms with Gasteiger partial charge < -0.3 is 15.0 Å². The highest BCUT2D eigenvalue weighted by Crippen LogP contribution is 2.36. The van der Waals surface area contributed by atoms with Gasteiger partial charge in [0.2, 0.25) is 17.7 Å². The average Bonchev–Trinajstić information content (AvgIpc) is 3.47. The zero-order valence-electron chi connectivity index (χ0n) is 22.8. The van der Waals surface area contributed by atoms with Crippen molar-refractivity contribution in [2.45, 2.75) is 38.2 Å². The van der Waals surface area contributed by atoms with Gasteiger partial charge in [-0.3, -0.25) is 4.79 Å². The summed E-state index contributed by atoms with van der Waals surface area (Å²) in [6.07, 6.45) is 0.753. The SMILES string of the molecule is [2H]C([2H])([2H])C(=O)N1CC[C@@H](Nc2nc(OC)c3c(-c4ccc5nnn([C@H](C)CF)c5c4)c(F)cn3n2)C(F)(F)C1. The molecule has 2 atom stereocenters. The number of piperidine rings is 1. The molecule has 0 unspecified atom stereocenters. The lowest BCUT2D eigenvalue weighted by Gasteiger charge is -2.38. The summed E-state index contributed by atoms with van der Waals surface area (Å²) in [6, 6.07) is 2.67. The number of methoxy groups -OCH3 is 1. The van der Waals surface area contributed by atoms with Crippen molar-refractivity contribution in [3.05, 3.63) is 30.2 Å². The van der Waals surface area contributed by atoms with Gasteiger partial charge in [-0.25, -0.2) is 26.8 Å². The van der Waals surface area contributed by atoms with Crippen LogP contribution >= 0.6 is 0 Å². The Balaban J connectivity index is 1.48. The number of alkyl halides is 3. The van der Waals surface area contributed by atoms with Crippen molar-refractivity contribution in [3.63, 3.8) is 0 Å². The molecule has 10 nitrogen and oxygen atoms in total. The number of fused-ring (bicyclic) bond motifs is 2. The number of aromatic nitrogens is 6. The van der Waals surface area contributed by atoms with Gasteiger partial charge in [0.1, 0.15) is 17.7 Å². The Bertz CT molecular complexity index is 1590. The molecule has 4 aromatic rings. The van der Waals surface area contributed by atoms with Gasteiger partial charge in [0.15, 0.2) is 5.82 Å². The summed E-state index contributed by atoms with van der Waals surface area (Å²) >= 11 is 0. The number of hydrogen-bond donors (Lipinski definition) is 1. The van der Waals surface area contributed by atoms with Crippen LogP contribution in [0.1, 0.15) is 30.4 Å². The number of benzene rings is 1. The van der Waals surface area contributed by atoms with Crippen molar-refractivity contribution in [3.8, 4) is 17.0 Å². The molecule has 1 amide bonds. The quantitative estimate of drug-likeness (QED) is 0.386. The molecular formula is C23H24F4N8O2. The van der Waals surface area contributed by atoms with Crippen molar-refractivity contribution in [1.29, 1.82) is 0 Å². The fourth-order valence-electron chi connectivity index (χ4n) is 4.43. The van der Waals surface area contributed by atoms with E-state index >= 15 is 4.39 Å². The topological polar surface area (TPSA) is 102 Å². The number of anilines is 1. The number of nitrogens with one attached hydrogen (secondary N) is 1. The maximum atomic E-state index is 15.3. The lowest BCUT2D eigenvalue weighted by atomic mass is 10.0. The summed E-state index contributed by atoms with van der Waals surface area (Å²) in [5, 5.41) is 14.7. The van der Waals surface area contributed by atoms with Gasteiger partial charge in [0, 0.05) is 17.5 Å². The van der Waals surface area contributed by atoms with Gasteiger partial charge in [-0.15, -0.1) is 10.2 Å². The third-order valence-corrected chi connectivity index (χ3v) is 6.34. The van der Waals surface area contributed by atoms with Crippen molar-refractivity contribution < 1.29 is 31.2 Å². The summed E-state index contributed by atoms with van der Waals surface area (Å²) in [5.41, 5.74) is 1.52. The lowest BCUT2D eigenvalue weighted by Crippen LogP contribution is -2.55. The first kappa shape index (κ1) is 21.1. The van der Waals surface area contributed by atoms with Crippen LogP contribution in [0.4, 0.5) is 23.5 Å². The van der Waals surface area contributed by atoms with Crippen molar-refractivity contribution >= 4 is 28.4 Å². The molecule has 1 aliphatic rings. The standard InChI is InChI=1S/C23H24F4N8O2/c1-12(9-24)35-17-8-14(4-5-16(17)30-32-35)19-15(25)10-34-20(19)21(37-3)29-22(31-34)28-18-6-7-33(13(2)36)11-23(18,26)27/h4-5,8,10,12,18H,6-7,9,11H2,1-3H3,(H,28,31)/t12-,18-/m1/s1/i2D3. The second-order valence-electron chi connectivity index (χ2n) is 8.80. The van der Waals surface area contributed by atoms with Crippen molar-refractivity contribution in [1.82, 2.24) is 34.5 Å². The minimum Gasteiger partial charge on any atom is -0.479 e. The Morgan fingerprint density at radius 1 is 1.41 bits per heavy atom. The van der Waals surface area contributed by atoms with Crippen LogP contribution < -0.4 is 10.1 Å². The molecule has 1 aromatic carbocycles. The van der Waals surface area contributed by atoms with Gasteiger partial charge in [-0.1, -0.05) is 11.3 Å². The van der Waals surface area contributed by atoms with Gasteiger partial charge in [-0.05, 0) is 31.0 Å². The monoisotopic (exact) mass is 523 g/mol. The van der Waals surface area contributed by atoms with E-state index < -0.39 is 49.8 Å². The molecule has 37 heavy (non-hydrogen) atoms. The number of likely N-dealkylation sites (tertiary alicyclic amines) is 1. The van der Waals surface area contributed by atoms with E-state index in [0.29, 0.717) is 21.5 Å². The van der Waals surface area contributed by atoms with Crippen LogP contribution in [0.5, 0.6) is 5.88 Å². The summed E-state index contributed by atoms with van der Waals surface area (Å²) in [4.78, 5) is 16.8. The highest BCUT2D eigenvalue weighted by atomic mass is 19.3. The third-order valence-electron chi connectivity index (χ3n) is 6.34. The summed E-state index contributed by atoms with van der Waals surface area (Å²) in [5.74, 6) is -5.97. The maximum Gasteiger partial charge on any atom is 0.285 e. The number of rotatable bonds is 6. The van der Waals surface area contributed by atoms with Crippen LogP contribution in [-0.4, -0.2) is 79.2 Å². The molecule has 0 saturated carbocycles. The Hall–Kier alpha value is -3.97. The predicted octanol–water partition coefficient (Wildman–Crippen LogP) is 3.49. The van der Waals surface area contributed by atoms with E-state index in [1.54, 1.807) is 25.1 Å². The predicted molar refractivity (Wildman–Crippen MR) is 126 cm³/mol. The smallest absolute Gasteiger partial charge is 0.285 e. The second kappa shape index (κ2) is 9.16. The molecule has 14 heteroatoms. The molecule has 1 N–H and O–H groups in total. The van der Waals surface area contributed by atoms with E-state index in [0.717, 1.165) is 10.7 Å². The number of carbonyl (C=O) groups is 1. The fourth-order valence-corrected chi connectivity index (χ4v) is 4.43. The van der Waals surface area contributed by atoms with Gasteiger partial charge >= 0.3 is 0 Å². The van der Waals surface area contributed by atoms with Crippen LogP contribution in [0, 0.1) is 5.82 Å². The van der Waals surface area contributed by atoms with E-state index in [9.17, 15) is 18.0 Å². The minimum absolute atomic E-state index is 0.0627. The first-order valence-electron chi connectivity index (χ1n) is 12.8. The zero-order chi connectivity index (χ0) is 29.0. The van der Waals surface area contributed by atoms with Gasteiger partial charge in [0.25, 0.3) is 5.92 Å². The number of hydrogen-bond acceptors (Lipinski definition) is 7. The molecule has 1 fully saturated rings. The zero-order valence-corrected chi connectivity index (χ0v) is 19.8. The molecule has 4 heterocycles. The first-order chi connectivity index (χ1) is 18.8. The summed E-state index contributed by atoms with van der Waals surface area (Å²) in [6.45, 7) is -3.41. The molecule has 0 bridgehead atoms. The molecule has 5 rings (SSSR count). The number of ether oxygens (including phenoxy) is 1. The molecule has 1 saturated heterocycles. The van der Waals surface area contributed by atoms with Crippen LogP contribution in [0.3, 0.4) is 0 Å². The second-order valence-corrected chi connectivity index (χ2v) is 8.80. The molecular weight excluding hydrogens is 496 g/mol. The van der Waals surface area contributed by atoms with Crippen LogP contribution in [0.25, 0.3) is 27.7 Å². The Morgan fingerprint density at radius 2 is 2.22 bits per heavy atom. The minimum atomic E-state index is -3.51. The van der Waals surface area contributed by atoms with Crippen molar-refractivity contribution in [2.24, 2.45) is 0 Å². The van der Waals surface area contributed by atoms with Crippen molar-refractivity contribution in [2.75, 3.05) is 32.2 Å². The third kappa shape index (κ3) is 4.29. The fraction of sp³-hybridized carbons (Fsp3) is 0.435. The van der Waals surface area contributed by atoms with Crippen LogP contribution in [0.2, 0.25) is 0 Å². The maximum absolute atomic E-state index is 15.3. The molecule has 1 aliphatic heterocycles. The highest BCUT2D eigenvalue weighted by Gasteiger charge is 2.46. The lowest BCUT2D eigenvalue weighted by molar-refractivity contribution is -0.140. The molecule has 196 valence electrons. The van der Waals surface area contributed by atoms with Gasteiger partial charge in [0.05, 0.1) is 43.0 Å². The molecule has 0 radical (unpaired) electrons. The van der Waals surface area contributed by atoms with E-state index in [2.05, 4.69) is 25.7 Å². The van der Waals surface area contributed by atoms with Crippen LogP contribution in [-0.2, 0) is 4.79 Å². The van der Waals surface area contributed by atoms with E-state index in [1.165, 1.54) is 11.8 Å². The van der Waals surface area contributed by atoms with Gasteiger partial charge in [-0.2, -0.15) is 4.98 Å². The summed E-state index contributed by atoms with van der Waals surface area (Å²) < 4.78 is 87.9. The molecule has 0 aliphatic carbocycles. The molecule has 0 spiro atoms. The largest absolute Gasteiger partial charge is 0.479 e. The number of nitrogens with zero attached hydrogens (tertiary/aromatic N) is 7. The first-order valence-corrected chi connectivity index (χ1v) is 11.3. The Kier molecular flexibility index (Phi) is 5.23. The molecule has 3 aromatic heterocycles. The number of amides is 1. The normalized spacial score (nSPS) is 19.9. The Morgan fingerprint density at radius 3 is 2.92 bits per heavy atom.